The fourth-order valence-electron chi connectivity index (χ4n) is 7.82. The van der Waals surface area contributed by atoms with Crippen LogP contribution < -0.4 is 5.32 Å². The normalized spacial score (nSPS) is 13.2. The molecule has 0 aliphatic carbocycles. The summed E-state index contributed by atoms with van der Waals surface area (Å²) in [6, 6.07) is 31.5. The largest absolute Gasteiger partial charge is 0.375 e. The van der Waals surface area contributed by atoms with E-state index in [2.05, 4.69) is 110 Å². The summed E-state index contributed by atoms with van der Waals surface area (Å²) in [6.07, 6.45) is 32.8. The van der Waals surface area contributed by atoms with Gasteiger partial charge in [0.1, 0.15) is 6.10 Å². The van der Waals surface area contributed by atoms with E-state index in [0.29, 0.717) is 26.4 Å². The third-order valence-electron chi connectivity index (χ3n) is 11.3. The van der Waals surface area contributed by atoms with Crippen molar-refractivity contribution < 1.29 is 14.2 Å². The van der Waals surface area contributed by atoms with Crippen molar-refractivity contribution in [3.63, 3.8) is 0 Å². The second-order valence-electron chi connectivity index (χ2n) is 16.4. The van der Waals surface area contributed by atoms with Gasteiger partial charge in [0.05, 0.1) is 38.6 Å². The van der Waals surface area contributed by atoms with Crippen molar-refractivity contribution in [2.75, 3.05) is 13.2 Å². The lowest BCUT2D eigenvalue weighted by Crippen LogP contribution is -2.51. The molecule has 3 aromatic carbocycles. The van der Waals surface area contributed by atoms with Crippen molar-refractivity contribution in [1.29, 1.82) is 0 Å². The number of benzene rings is 3. The molecule has 56 heavy (non-hydrogen) atoms. The van der Waals surface area contributed by atoms with Crippen LogP contribution in [0.4, 0.5) is 0 Å². The molecule has 0 aliphatic rings. The number of hydrogen-bond donors (Lipinski definition) is 1. The topological polar surface area (TPSA) is 39.7 Å². The molecule has 0 saturated carbocycles. The second-order valence-corrected chi connectivity index (χ2v) is 16.4. The fraction of sp³-hybridized carbons (Fsp3) is 0.654. The summed E-state index contributed by atoms with van der Waals surface area (Å²) >= 11 is 0. The number of ether oxygens (including phenoxy) is 3. The van der Waals surface area contributed by atoms with Crippen LogP contribution in [-0.2, 0) is 34.0 Å². The minimum absolute atomic E-state index is 0.0182. The zero-order chi connectivity index (χ0) is 39.4. The van der Waals surface area contributed by atoms with E-state index in [1.807, 2.05) is 0 Å². The Morgan fingerprint density at radius 2 is 0.786 bits per heavy atom. The molecule has 0 amide bonds. The lowest BCUT2D eigenvalue weighted by Gasteiger charge is -2.34. The summed E-state index contributed by atoms with van der Waals surface area (Å²) in [6.45, 7) is 7.79. The molecule has 3 atom stereocenters. The number of hydrogen-bond acceptors (Lipinski definition) is 4. The monoisotopic (exact) mass is 770 g/mol. The summed E-state index contributed by atoms with van der Waals surface area (Å²) in [5.74, 6) is 0. The first-order valence-electron chi connectivity index (χ1n) is 23.5. The number of rotatable bonds is 38. The van der Waals surface area contributed by atoms with Gasteiger partial charge in [0.15, 0.2) is 0 Å². The highest BCUT2D eigenvalue weighted by Gasteiger charge is 2.31. The van der Waals surface area contributed by atoms with Gasteiger partial charge >= 0.3 is 0 Å². The third-order valence-corrected chi connectivity index (χ3v) is 11.3. The van der Waals surface area contributed by atoms with Gasteiger partial charge in [-0.05, 0) is 36.1 Å². The van der Waals surface area contributed by atoms with Gasteiger partial charge in [-0.1, -0.05) is 246 Å². The first-order valence-corrected chi connectivity index (χ1v) is 23.5. The zero-order valence-electron chi connectivity index (χ0n) is 36.1. The Balaban J connectivity index is 1.35. The summed E-state index contributed by atoms with van der Waals surface area (Å²) in [5.41, 5.74) is 3.56. The van der Waals surface area contributed by atoms with Gasteiger partial charge in [-0.2, -0.15) is 0 Å². The molecule has 0 unspecified atom stereocenters. The van der Waals surface area contributed by atoms with Crippen LogP contribution in [0.3, 0.4) is 0 Å². The molecule has 0 saturated heterocycles. The predicted molar refractivity (Wildman–Crippen MR) is 240 cm³/mol. The molecule has 3 rings (SSSR count). The second kappa shape index (κ2) is 34.5. The van der Waals surface area contributed by atoms with Gasteiger partial charge in [0.25, 0.3) is 0 Å². The molecule has 3 aromatic rings. The van der Waals surface area contributed by atoms with E-state index in [4.69, 9.17) is 14.2 Å². The minimum atomic E-state index is -0.144. The van der Waals surface area contributed by atoms with Gasteiger partial charge in [-0.15, -0.1) is 0 Å². The van der Waals surface area contributed by atoms with E-state index in [1.54, 1.807) is 0 Å². The van der Waals surface area contributed by atoms with Gasteiger partial charge in [-0.3, -0.25) is 0 Å². The quantitative estimate of drug-likeness (QED) is 0.0589. The van der Waals surface area contributed by atoms with Crippen molar-refractivity contribution in [2.24, 2.45) is 0 Å². The highest BCUT2D eigenvalue weighted by atomic mass is 16.5. The molecule has 0 spiro atoms. The molecule has 4 nitrogen and oxygen atoms in total. The molecule has 1 N–H and O–H groups in total. The van der Waals surface area contributed by atoms with E-state index in [1.165, 1.54) is 158 Å². The van der Waals surface area contributed by atoms with Crippen LogP contribution in [0.15, 0.2) is 91.0 Å². The first-order chi connectivity index (χ1) is 27.8. The third kappa shape index (κ3) is 24.3. The lowest BCUT2D eigenvalue weighted by molar-refractivity contribution is -0.113. The van der Waals surface area contributed by atoms with Crippen molar-refractivity contribution in [2.45, 2.75) is 206 Å². The maximum absolute atomic E-state index is 6.83. The zero-order valence-corrected chi connectivity index (χ0v) is 36.1. The van der Waals surface area contributed by atoms with Crippen molar-refractivity contribution in [3.8, 4) is 0 Å². The van der Waals surface area contributed by atoms with Gasteiger partial charge in [0.2, 0.25) is 0 Å². The van der Waals surface area contributed by atoms with Crippen LogP contribution in [0.5, 0.6) is 0 Å². The van der Waals surface area contributed by atoms with Crippen molar-refractivity contribution in [3.05, 3.63) is 108 Å². The molecule has 0 fully saturated rings. The van der Waals surface area contributed by atoms with Gasteiger partial charge in [0, 0.05) is 0 Å². The molecular weight excluding hydrogens is 687 g/mol. The van der Waals surface area contributed by atoms with E-state index in [-0.39, 0.29) is 18.2 Å². The average Bonchev–Trinajstić information content (AvgIpc) is 3.24. The molecule has 0 radical (unpaired) electrons. The fourth-order valence-corrected chi connectivity index (χ4v) is 7.82. The Hall–Kier alpha value is -2.50. The lowest BCUT2D eigenvalue weighted by atomic mass is 10.0. The number of nitrogens with one attached hydrogen (secondary N) is 1. The van der Waals surface area contributed by atoms with Crippen molar-refractivity contribution >= 4 is 0 Å². The Morgan fingerprint density at radius 1 is 0.411 bits per heavy atom. The molecular formula is C52H83NO3. The van der Waals surface area contributed by atoms with E-state index < -0.39 is 0 Å². The molecule has 0 aliphatic heterocycles. The summed E-state index contributed by atoms with van der Waals surface area (Å²) in [7, 11) is 0. The Kier molecular flexibility index (Phi) is 29.5. The standard InChI is InChI=1S/C52H83NO3/c1-3-5-6-7-8-9-10-11-12-13-14-15-16-17-18-19-20-21-22-23-24-34-42-53-50(46-54-43-47-36-28-25-29-37-47)52(56-45-49-40-32-27-33-41-49)51(35-4-2)55-44-48-38-30-26-31-39-48/h25-33,36-41,50-53H,3-24,34-35,42-46H2,1-2H3/t50-,51+,52-/m0/s1. The minimum Gasteiger partial charge on any atom is -0.375 e. The summed E-state index contributed by atoms with van der Waals surface area (Å²) in [5, 5.41) is 3.91. The van der Waals surface area contributed by atoms with E-state index in [0.717, 1.165) is 19.4 Å². The molecule has 0 heterocycles. The van der Waals surface area contributed by atoms with E-state index in [9.17, 15) is 0 Å². The first kappa shape index (κ1) is 47.9. The molecule has 4 heteroatoms. The molecule has 0 bridgehead atoms. The van der Waals surface area contributed by atoms with Crippen LogP contribution in [-0.4, -0.2) is 31.4 Å². The highest BCUT2D eigenvalue weighted by Crippen LogP contribution is 2.21. The maximum atomic E-state index is 6.83. The van der Waals surface area contributed by atoms with Crippen LogP contribution >= 0.6 is 0 Å². The maximum Gasteiger partial charge on any atom is 0.102 e. The molecule has 314 valence electrons. The SMILES string of the molecule is CCCCCCCCCCCCCCCCCCCCCCCCN[C@@H](COCc1ccccc1)[C@H](OCc1ccccc1)[C@@H](CCC)OCc1ccccc1. The Bertz CT molecular complexity index is 1240. The Morgan fingerprint density at radius 3 is 1.20 bits per heavy atom. The van der Waals surface area contributed by atoms with Crippen LogP contribution in [0.25, 0.3) is 0 Å². The van der Waals surface area contributed by atoms with Crippen LogP contribution in [0.1, 0.15) is 185 Å². The average molecular weight is 770 g/mol. The summed E-state index contributed by atoms with van der Waals surface area (Å²) < 4.78 is 19.9. The summed E-state index contributed by atoms with van der Waals surface area (Å²) in [4.78, 5) is 0. The van der Waals surface area contributed by atoms with Crippen molar-refractivity contribution in [1.82, 2.24) is 5.32 Å². The van der Waals surface area contributed by atoms with Gasteiger partial charge in [-0.25, -0.2) is 0 Å². The predicted octanol–water partition coefficient (Wildman–Crippen LogP) is 14.7. The number of unbranched alkanes of at least 4 members (excludes halogenated alkanes) is 21. The highest BCUT2D eigenvalue weighted by molar-refractivity contribution is 5.15. The van der Waals surface area contributed by atoms with E-state index >= 15 is 0 Å². The van der Waals surface area contributed by atoms with Crippen LogP contribution in [0, 0.1) is 0 Å². The van der Waals surface area contributed by atoms with Gasteiger partial charge < -0.3 is 19.5 Å². The smallest absolute Gasteiger partial charge is 0.102 e. The van der Waals surface area contributed by atoms with Crippen LogP contribution in [0.2, 0.25) is 0 Å². The molecule has 0 aromatic heterocycles. The Labute approximate surface area is 345 Å².